The molecule has 0 bridgehead atoms. The van der Waals surface area contributed by atoms with Crippen molar-refractivity contribution >= 4 is 6.21 Å². The largest absolute Gasteiger partial charge is 0.402 e. The van der Waals surface area contributed by atoms with E-state index in [9.17, 15) is 0 Å². The van der Waals surface area contributed by atoms with Crippen LogP contribution in [0.5, 0.6) is 0 Å². The molecule has 0 aromatic heterocycles. The lowest BCUT2D eigenvalue weighted by Gasteiger charge is -2.26. The Kier molecular flexibility index (Phi) is 2.90. The summed E-state index contributed by atoms with van der Waals surface area (Å²) in [6.07, 6.45) is 4.60. The van der Waals surface area contributed by atoms with Gasteiger partial charge in [-0.15, -0.1) is 0 Å². The molecule has 0 fully saturated rings. The molecule has 1 aliphatic rings. The highest BCUT2D eigenvalue weighted by Gasteiger charge is 2.20. The van der Waals surface area contributed by atoms with E-state index in [1.807, 2.05) is 0 Å². The summed E-state index contributed by atoms with van der Waals surface area (Å²) in [6, 6.07) is 0. The van der Waals surface area contributed by atoms with Crippen molar-refractivity contribution in [3.8, 4) is 0 Å². The van der Waals surface area contributed by atoms with E-state index in [0.717, 1.165) is 30.0 Å². The standard InChI is InChI=1S/C10H18N2.H2/c1-7(2)8-3-4-10(12)9(5-8)6-11;/h6-8,11H,3-5,12H2,1-2H3;1H. The van der Waals surface area contributed by atoms with Gasteiger partial charge in [0.05, 0.1) is 0 Å². The zero-order valence-electron chi connectivity index (χ0n) is 7.93. The Hall–Kier alpha value is -0.790. The highest BCUT2D eigenvalue weighted by Crippen LogP contribution is 2.30. The normalized spacial score (nSPS) is 24.8. The van der Waals surface area contributed by atoms with Gasteiger partial charge in [-0.05, 0) is 36.7 Å². The molecule has 0 saturated carbocycles. The summed E-state index contributed by atoms with van der Waals surface area (Å²) >= 11 is 0. The minimum absolute atomic E-state index is 0. The molecule has 0 aliphatic heterocycles. The molecule has 2 heteroatoms. The van der Waals surface area contributed by atoms with Gasteiger partial charge in [0.1, 0.15) is 0 Å². The van der Waals surface area contributed by atoms with E-state index in [-0.39, 0.29) is 1.43 Å². The van der Waals surface area contributed by atoms with E-state index < -0.39 is 0 Å². The van der Waals surface area contributed by atoms with E-state index in [4.69, 9.17) is 11.1 Å². The predicted molar refractivity (Wildman–Crippen MR) is 54.3 cm³/mol. The maximum atomic E-state index is 7.20. The van der Waals surface area contributed by atoms with Crippen molar-refractivity contribution in [3.05, 3.63) is 11.3 Å². The van der Waals surface area contributed by atoms with Crippen LogP contribution in [0.2, 0.25) is 0 Å². The van der Waals surface area contributed by atoms with E-state index in [1.54, 1.807) is 0 Å². The van der Waals surface area contributed by atoms with Crippen molar-refractivity contribution in [2.24, 2.45) is 17.6 Å². The monoisotopic (exact) mass is 168 g/mol. The van der Waals surface area contributed by atoms with Crippen molar-refractivity contribution in [3.63, 3.8) is 0 Å². The van der Waals surface area contributed by atoms with Crippen LogP contribution in [-0.4, -0.2) is 6.21 Å². The fraction of sp³-hybridized carbons (Fsp3) is 0.700. The van der Waals surface area contributed by atoms with Gasteiger partial charge in [-0.3, -0.25) is 0 Å². The second-order valence-corrected chi connectivity index (χ2v) is 3.94. The number of allylic oxidation sites excluding steroid dienone is 2. The van der Waals surface area contributed by atoms with Crippen LogP contribution in [0.25, 0.3) is 0 Å². The average molecular weight is 168 g/mol. The van der Waals surface area contributed by atoms with E-state index in [1.165, 1.54) is 12.6 Å². The van der Waals surface area contributed by atoms with Gasteiger partial charge in [0.15, 0.2) is 0 Å². The molecule has 0 radical (unpaired) electrons. The van der Waals surface area contributed by atoms with Crippen LogP contribution in [0.1, 0.15) is 34.5 Å². The number of nitrogens with one attached hydrogen (secondary N) is 1. The first-order valence-corrected chi connectivity index (χ1v) is 4.63. The Bertz CT molecular complexity index is 209. The zero-order valence-corrected chi connectivity index (χ0v) is 7.93. The quantitative estimate of drug-likeness (QED) is 0.612. The van der Waals surface area contributed by atoms with Gasteiger partial charge >= 0.3 is 0 Å². The Morgan fingerprint density at radius 3 is 2.83 bits per heavy atom. The van der Waals surface area contributed by atoms with Crippen molar-refractivity contribution in [2.45, 2.75) is 33.1 Å². The highest BCUT2D eigenvalue weighted by molar-refractivity contribution is 5.77. The number of hydrogen-bond acceptors (Lipinski definition) is 2. The fourth-order valence-corrected chi connectivity index (χ4v) is 1.74. The third-order valence-electron chi connectivity index (χ3n) is 2.80. The third kappa shape index (κ3) is 1.87. The average Bonchev–Trinajstić information content (AvgIpc) is 2.05. The predicted octanol–water partition coefficient (Wildman–Crippen LogP) is 2.55. The summed E-state index contributed by atoms with van der Waals surface area (Å²) in [7, 11) is 0. The Labute approximate surface area is 75.8 Å². The van der Waals surface area contributed by atoms with Gasteiger partial charge in [-0.2, -0.15) is 0 Å². The molecule has 0 aromatic rings. The van der Waals surface area contributed by atoms with E-state index in [0.29, 0.717) is 5.92 Å². The summed E-state index contributed by atoms with van der Waals surface area (Å²) in [5.41, 5.74) is 7.77. The van der Waals surface area contributed by atoms with Crippen LogP contribution in [-0.2, 0) is 0 Å². The first kappa shape index (κ1) is 9.30. The molecular weight excluding hydrogens is 148 g/mol. The molecule has 2 nitrogen and oxygen atoms in total. The lowest BCUT2D eigenvalue weighted by Crippen LogP contribution is -2.19. The molecule has 0 amide bonds. The zero-order chi connectivity index (χ0) is 9.14. The van der Waals surface area contributed by atoms with Crippen molar-refractivity contribution in [2.75, 3.05) is 0 Å². The topological polar surface area (TPSA) is 49.9 Å². The maximum Gasteiger partial charge on any atom is 0.0227 e. The van der Waals surface area contributed by atoms with Crippen LogP contribution in [0.4, 0.5) is 0 Å². The number of nitrogens with two attached hydrogens (primary N) is 1. The third-order valence-corrected chi connectivity index (χ3v) is 2.80. The van der Waals surface area contributed by atoms with Crippen LogP contribution in [0.3, 0.4) is 0 Å². The molecule has 12 heavy (non-hydrogen) atoms. The number of hydrogen-bond donors (Lipinski definition) is 2. The Balaban J connectivity index is 0.00000144. The minimum Gasteiger partial charge on any atom is -0.402 e. The van der Waals surface area contributed by atoms with Gasteiger partial charge in [0, 0.05) is 13.3 Å². The van der Waals surface area contributed by atoms with Crippen LogP contribution < -0.4 is 5.73 Å². The number of rotatable bonds is 2. The van der Waals surface area contributed by atoms with Gasteiger partial charge in [-0.1, -0.05) is 13.8 Å². The lowest BCUT2D eigenvalue weighted by atomic mass is 9.80. The molecule has 1 unspecified atom stereocenters. The Morgan fingerprint density at radius 1 is 1.67 bits per heavy atom. The first-order chi connectivity index (χ1) is 5.65. The van der Waals surface area contributed by atoms with Gasteiger partial charge < -0.3 is 11.1 Å². The molecule has 0 saturated heterocycles. The molecular formula is C10H20N2. The van der Waals surface area contributed by atoms with Crippen LogP contribution in [0, 0.1) is 17.2 Å². The second kappa shape index (κ2) is 3.74. The summed E-state index contributed by atoms with van der Waals surface area (Å²) < 4.78 is 0. The van der Waals surface area contributed by atoms with Gasteiger partial charge in [-0.25, -0.2) is 0 Å². The van der Waals surface area contributed by atoms with E-state index >= 15 is 0 Å². The summed E-state index contributed by atoms with van der Waals surface area (Å²) in [6.45, 7) is 4.49. The van der Waals surface area contributed by atoms with Gasteiger partial charge in [0.2, 0.25) is 0 Å². The molecule has 1 atom stereocenters. The van der Waals surface area contributed by atoms with Crippen molar-refractivity contribution in [1.82, 2.24) is 0 Å². The van der Waals surface area contributed by atoms with Crippen LogP contribution in [0.15, 0.2) is 11.3 Å². The smallest absolute Gasteiger partial charge is 0.0227 e. The Morgan fingerprint density at radius 2 is 2.33 bits per heavy atom. The summed E-state index contributed by atoms with van der Waals surface area (Å²) in [5.74, 6) is 1.45. The molecule has 0 aromatic carbocycles. The second-order valence-electron chi connectivity index (χ2n) is 3.94. The minimum atomic E-state index is 0. The van der Waals surface area contributed by atoms with Crippen molar-refractivity contribution in [1.29, 1.82) is 5.41 Å². The summed E-state index contributed by atoms with van der Waals surface area (Å²) in [5, 5.41) is 7.20. The molecule has 0 spiro atoms. The molecule has 3 N–H and O–H groups in total. The lowest BCUT2D eigenvalue weighted by molar-refractivity contribution is 0.345. The van der Waals surface area contributed by atoms with Gasteiger partial charge in [0.25, 0.3) is 0 Å². The van der Waals surface area contributed by atoms with Crippen molar-refractivity contribution < 1.29 is 1.43 Å². The maximum absolute atomic E-state index is 7.20. The van der Waals surface area contributed by atoms with E-state index in [2.05, 4.69) is 13.8 Å². The fourth-order valence-electron chi connectivity index (χ4n) is 1.74. The molecule has 1 aliphatic carbocycles. The molecule has 70 valence electrons. The summed E-state index contributed by atoms with van der Waals surface area (Å²) in [4.78, 5) is 0. The highest BCUT2D eigenvalue weighted by atomic mass is 14.6. The molecule has 0 heterocycles. The first-order valence-electron chi connectivity index (χ1n) is 4.63. The molecule has 1 rings (SSSR count). The SMILES string of the molecule is CC(C)C1CCC(N)=C(C=N)C1.[HH]. The van der Waals surface area contributed by atoms with Crippen LogP contribution >= 0.6 is 0 Å².